The minimum absolute atomic E-state index is 0.00263. The zero-order valence-corrected chi connectivity index (χ0v) is 13.7. The molecule has 132 valence electrons. The molecule has 0 aliphatic rings. The molecule has 0 aromatic heterocycles. The van der Waals surface area contributed by atoms with Crippen LogP contribution in [0.5, 0.6) is 0 Å². The summed E-state index contributed by atoms with van der Waals surface area (Å²) in [6.45, 7) is 0.322. The van der Waals surface area contributed by atoms with E-state index in [1.165, 1.54) is 12.0 Å². The van der Waals surface area contributed by atoms with E-state index in [0.717, 1.165) is 17.7 Å². The van der Waals surface area contributed by atoms with Gasteiger partial charge in [-0.3, -0.25) is 4.79 Å². The van der Waals surface area contributed by atoms with Crippen LogP contribution >= 0.6 is 0 Å². The molecule has 0 saturated heterocycles. The lowest BCUT2D eigenvalue weighted by Gasteiger charge is -2.23. The molecule has 0 spiro atoms. The Hall–Kier alpha value is -2.96. The molecule has 2 aromatic rings. The Morgan fingerprint density at radius 3 is 2.48 bits per heavy atom. The minimum atomic E-state index is -0.874. The predicted molar refractivity (Wildman–Crippen MR) is 88.9 cm³/mol. The van der Waals surface area contributed by atoms with E-state index in [-0.39, 0.29) is 25.2 Å². The molecule has 0 radical (unpaired) electrons. The smallest absolute Gasteiger partial charge is 0.322 e. The number of urea groups is 1. The van der Waals surface area contributed by atoms with E-state index in [4.69, 9.17) is 0 Å². The van der Waals surface area contributed by atoms with Crippen LogP contribution in [0.1, 0.15) is 12.0 Å². The van der Waals surface area contributed by atoms with Crippen molar-refractivity contribution in [2.24, 2.45) is 0 Å². The van der Waals surface area contributed by atoms with Crippen LogP contribution in [0.3, 0.4) is 0 Å². The van der Waals surface area contributed by atoms with E-state index in [1.807, 2.05) is 30.3 Å². The third-order valence-corrected chi connectivity index (χ3v) is 3.49. The second-order valence-electron chi connectivity index (χ2n) is 5.29. The fourth-order valence-electron chi connectivity index (χ4n) is 2.17. The number of ether oxygens (including phenoxy) is 1. The molecule has 5 nitrogen and oxygen atoms in total. The predicted octanol–water partition coefficient (Wildman–Crippen LogP) is 3.56. The van der Waals surface area contributed by atoms with Crippen molar-refractivity contribution in [3.63, 3.8) is 0 Å². The number of benzene rings is 2. The second-order valence-corrected chi connectivity index (χ2v) is 5.29. The van der Waals surface area contributed by atoms with Crippen molar-refractivity contribution in [1.29, 1.82) is 0 Å². The van der Waals surface area contributed by atoms with Gasteiger partial charge in [-0.15, -0.1) is 0 Å². The molecular formula is C18H18F2N2O3. The number of hydrogen-bond acceptors (Lipinski definition) is 3. The third-order valence-electron chi connectivity index (χ3n) is 3.49. The van der Waals surface area contributed by atoms with Crippen LogP contribution in [0.25, 0.3) is 0 Å². The summed E-state index contributed by atoms with van der Waals surface area (Å²) < 4.78 is 31.3. The van der Waals surface area contributed by atoms with Gasteiger partial charge in [0.05, 0.1) is 19.2 Å². The summed E-state index contributed by atoms with van der Waals surface area (Å²) >= 11 is 0. The van der Waals surface area contributed by atoms with Crippen LogP contribution in [0.2, 0.25) is 0 Å². The summed E-state index contributed by atoms with van der Waals surface area (Å²) in [5, 5.41) is 2.39. The van der Waals surface area contributed by atoms with Gasteiger partial charge in [-0.05, 0) is 17.7 Å². The number of nitrogens with zero attached hydrogens (tertiary/aromatic N) is 1. The van der Waals surface area contributed by atoms with E-state index in [0.29, 0.717) is 6.07 Å². The first kappa shape index (κ1) is 18.4. The number of esters is 1. The van der Waals surface area contributed by atoms with Crippen molar-refractivity contribution in [2.75, 3.05) is 19.0 Å². The molecule has 0 heterocycles. The van der Waals surface area contributed by atoms with Gasteiger partial charge in [0.25, 0.3) is 0 Å². The maximum absolute atomic E-state index is 13.7. The molecule has 0 aliphatic carbocycles. The van der Waals surface area contributed by atoms with Crippen LogP contribution in [0.15, 0.2) is 48.5 Å². The van der Waals surface area contributed by atoms with Crippen LogP contribution in [0, 0.1) is 11.6 Å². The highest BCUT2D eigenvalue weighted by Crippen LogP contribution is 2.16. The first-order valence-electron chi connectivity index (χ1n) is 7.61. The standard InChI is InChI=1S/C18H18F2N2O3/c1-25-17(23)9-10-22(12-13-5-3-2-4-6-13)18(24)21-16-8-7-14(19)11-15(16)20/h2-8,11H,9-10,12H2,1H3,(H,21,24). The summed E-state index contributed by atoms with van der Waals surface area (Å²) in [6, 6.07) is 11.4. The molecule has 0 unspecified atom stereocenters. The minimum Gasteiger partial charge on any atom is -0.469 e. The number of hydrogen-bond donors (Lipinski definition) is 1. The van der Waals surface area contributed by atoms with Crippen molar-refractivity contribution in [3.8, 4) is 0 Å². The summed E-state index contributed by atoms with van der Waals surface area (Å²) in [5.41, 5.74) is 0.713. The maximum atomic E-state index is 13.7. The van der Waals surface area contributed by atoms with Crippen LogP contribution in [0.4, 0.5) is 19.3 Å². The van der Waals surface area contributed by atoms with E-state index >= 15 is 0 Å². The lowest BCUT2D eigenvalue weighted by atomic mass is 10.2. The van der Waals surface area contributed by atoms with Crippen LogP contribution < -0.4 is 5.32 Å². The first-order chi connectivity index (χ1) is 12.0. The highest BCUT2D eigenvalue weighted by Gasteiger charge is 2.17. The zero-order chi connectivity index (χ0) is 18.2. The van der Waals surface area contributed by atoms with E-state index in [1.54, 1.807) is 0 Å². The fourth-order valence-corrected chi connectivity index (χ4v) is 2.17. The monoisotopic (exact) mass is 348 g/mol. The number of halogens is 2. The lowest BCUT2D eigenvalue weighted by molar-refractivity contribution is -0.140. The number of rotatable bonds is 6. The maximum Gasteiger partial charge on any atom is 0.322 e. The first-order valence-corrected chi connectivity index (χ1v) is 7.61. The Labute approximate surface area is 144 Å². The molecule has 2 amide bonds. The summed E-state index contributed by atoms with van der Waals surface area (Å²) in [5.74, 6) is -2.07. The van der Waals surface area contributed by atoms with Gasteiger partial charge >= 0.3 is 12.0 Å². The SMILES string of the molecule is COC(=O)CCN(Cc1ccccc1)C(=O)Nc1ccc(F)cc1F. The molecule has 2 rings (SSSR count). The Balaban J connectivity index is 2.11. The van der Waals surface area contributed by atoms with Crippen molar-refractivity contribution < 1.29 is 23.1 Å². The Bertz CT molecular complexity index is 738. The van der Waals surface area contributed by atoms with E-state index in [2.05, 4.69) is 10.1 Å². The number of carbonyl (C=O) groups excluding carboxylic acids is 2. The van der Waals surface area contributed by atoms with Gasteiger partial charge in [0, 0.05) is 19.2 Å². The van der Waals surface area contributed by atoms with Gasteiger partial charge in [0.1, 0.15) is 11.6 Å². The number of anilines is 1. The highest BCUT2D eigenvalue weighted by molar-refractivity contribution is 5.89. The van der Waals surface area contributed by atoms with Crippen molar-refractivity contribution in [3.05, 3.63) is 65.7 Å². The van der Waals surface area contributed by atoms with Crippen LogP contribution in [-0.2, 0) is 16.1 Å². The molecule has 0 saturated carbocycles. The van der Waals surface area contributed by atoms with Gasteiger partial charge in [0.2, 0.25) is 0 Å². The Kier molecular flexibility index (Phi) is 6.45. The fraction of sp³-hybridized carbons (Fsp3) is 0.222. The molecule has 0 atom stereocenters. The number of methoxy groups -OCH3 is 1. The molecule has 25 heavy (non-hydrogen) atoms. The van der Waals surface area contributed by atoms with Gasteiger partial charge in [0.15, 0.2) is 0 Å². The van der Waals surface area contributed by atoms with Crippen molar-refractivity contribution in [1.82, 2.24) is 4.90 Å². The Morgan fingerprint density at radius 2 is 1.84 bits per heavy atom. The average Bonchev–Trinajstić information content (AvgIpc) is 2.61. The quantitative estimate of drug-likeness (QED) is 0.812. The van der Waals surface area contributed by atoms with Crippen molar-refractivity contribution >= 4 is 17.7 Å². The number of amides is 2. The zero-order valence-electron chi connectivity index (χ0n) is 13.7. The van der Waals surface area contributed by atoms with Crippen LogP contribution in [-0.4, -0.2) is 30.6 Å². The molecule has 2 aromatic carbocycles. The highest BCUT2D eigenvalue weighted by atomic mass is 19.1. The number of carbonyl (C=O) groups is 2. The molecule has 0 fully saturated rings. The molecule has 0 bridgehead atoms. The normalized spacial score (nSPS) is 10.2. The molecule has 0 aliphatic heterocycles. The number of nitrogens with one attached hydrogen (secondary N) is 1. The molecule has 7 heteroatoms. The van der Waals surface area contributed by atoms with E-state index in [9.17, 15) is 18.4 Å². The lowest BCUT2D eigenvalue weighted by Crippen LogP contribution is -2.36. The second kappa shape index (κ2) is 8.77. The largest absolute Gasteiger partial charge is 0.469 e. The summed E-state index contributed by atoms with van der Waals surface area (Å²) in [7, 11) is 1.26. The van der Waals surface area contributed by atoms with Crippen molar-refractivity contribution in [2.45, 2.75) is 13.0 Å². The van der Waals surface area contributed by atoms with Gasteiger partial charge in [-0.1, -0.05) is 30.3 Å². The van der Waals surface area contributed by atoms with Gasteiger partial charge in [-0.2, -0.15) is 0 Å². The van der Waals surface area contributed by atoms with E-state index < -0.39 is 23.6 Å². The van der Waals surface area contributed by atoms with Gasteiger partial charge in [-0.25, -0.2) is 13.6 Å². The molecular weight excluding hydrogens is 330 g/mol. The average molecular weight is 348 g/mol. The van der Waals surface area contributed by atoms with Gasteiger partial charge < -0.3 is 15.0 Å². The third kappa shape index (κ3) is 5.56. The summed E-state index contributed by atoms with van der Waals surface area (Å²) in [4.78, 5) is 25.2. The molecule has 1 N–H and O–H groups in total. The topological polar surface area (TPSA) is 58.6 Å². The summed E-state index contributed by atoms with van der Waals surface area (Å²) in [6.07, 6.45) is 0.00263. The Morgan fingerprint density at radius 1 is 1.12 bits per heavy atom.